The molecule has 0 saturated carbocycles. The fourth-order valence-corrected chi connectivity index (χ4v) is 13.6. The van der Waals surface area contributed by atoms with E-state index in [9.17, 15) is 4.79 Å². The first kappa shape index (κ1) is 34.7. The molecule has 258 valence electrons. The number of pyridine rings is 1. The maximum absolute atomic E-state index is 16.7. The molecule has 2 bridgehead atoms. The number of likely N-dealkylation sites (tertiary alicyclic amines) is 1. The Morgan fingerprint density at radius 2 is 1.61 bits per heavy atom. The van der Waals surface area contributed by atoms with E-state index >= 15 is 8.78 Å². The number of piperazine rings is 1. The van der Waals surface area contributed by atoms with E-state index in [1.165, 1.54) is 18.5 Å². The SMILES string of the molecule is CC(C)[Si](C#Cc1cccc2cc(F)cc(-c3ncc4c(N5C6CCC5CN(C(=O)OC(C)(C)C)C6)ncnc4c3F)c12)(C(C)C)C(C)C. The molecule has 10 heteroatoms. The Balaban J connectivity index is 1.43. The molecule has 2 saturated heterocycles. The fourth-order valence-electron chi connectivity index (χ4n) is 8.39. The Labute approximate surface area is 289 Å². The second kappa shape index (κ2) is 13.0. The maximum atomic E-state index is 16.7. The highest BCUT2D eigenvalue weighted by molar-refractivity contribution is 6.90. The van der Waals surface area contributed by atoms with Crippen molar-refractivity contribution in [2.24, 2.45) is 0 Å². The van der Waals surface area contributed by atoms with E-state index in [0.29, 0.717) is 57.3 Å². The second-order valence-corrected chi connectivity index (χ2v) is 21.1. The third kappa shape index (κ3) is 6.27. The van der Waals surface area contributed by atoms with Gasteiger partial charge in [-0.25, -0.2) is 23.5 Å². The molecule has 2 aromatic heterocycles. The minimum atomic E-state index is -2.08. The third-order valence-electron chi connectivity index (χ3n) is 10.5. The Bertz CT molecular complexity index is 1940. The molecule has 2 aliphatic rings. The van der Waals surface area contributed by atoms with Gasteiger partial charge in [0.15, 0.2) is 5.82 Å². The first-order valence-electron chi connectivity index (χ1n) is 17.4. The number of hydrogen-bond donors (Lipinski definition) is 0. The molecule has 4 aromatic rings. The summed E-state index contributed by atoms with van der Waals surface area (Å²) < 4.78 is 37.6. The van der Waals surface area contributed by atoms with E-state index < -0.39 is 25.3 Å². The largest absolute Gasteiger partial charge is 0.444 e. The van der Waals surface area contributed by atoms with Crippen LogP contribution in [0, 0.1) is 23.1 Å². The summed E-state index contributed by atoms with van der Waals surface area (Å²) in [6.07, 6.45) is 4.39. The van der Waals surface area contributed by atoms with Gasteiger partial charge in [0.05, 0.1) is 5.39 Å². The summed E-state index contributed by atoms with van der Waals surface area (Å²) in [5.41, 5.74) is 5.74. The number of carbonyl (C=O) groups excluding carboxylic acids is 1. The third-order valence-corrected chi connectivity index (χ3v) is 16.7. The predicted molar refractivity (Wildman–Crippen MR) is 195 cm³/mol. The van der Waals surface area contributed by atoms with Crippen molar-refractivity contribution < 1.29 is 18.3 Å². The smallest absolute Gasteiger partial charge is 0.410 e. The molecule has 2 aliphatic heterocycles. The lowest BCUT2D eigenvalue weighted by atomic mass is 9.96. The van der Waals surface area contributed by atoms with Gasteiger partial charge in [0.2, 0.25) is 0 Å². The summed E-state index contributed by atoms with van der Waals surface area (Å²) in [6, 6.07) is 8.45. The van der Waals surface area contributed by atoms with E-state index in [4.69, 9.17) is 4.74 Å². The van der Waals surface area contributed by atoms with Crippen molar-refractivity contribution in [3.05, 3.63) is 60.1 Å². The highest BCUT2D eigenvalue weighted by atomic mass is 28.3. The maximum Gasteiger partial charge on any atom is 0.410 e. The van der Waals surface area contributed by atoms with Gasteiger partial charge in [0.25, 0.3) is 0 Å². The first-order valence-corrected chi connectivity index (χ1v) is 19.7. The number of carbonyl (C=O) groups is 1. The number of anilines is 1. The van der Waals surface area contributed by atoms with Crippen molar-refractivity contribution in [2.45, 2.75) is 109 Å². The Morgan fingerprint density at radius 1 is 0.959 bits per heavy atom. The van der Waals surface area contributed by atoms with Gasteiger partial charge in [-0.15, -0.1) is 5.54 Å². The van der Waals surface area contributed by atoms with Crippen LogP contribution in [-0.4, -0.2) is 64.8 Å². The number of rotatable bonds is 5. The molecule has 2 fully saturated rings. The minimum Gasteiger partial charge on any atom is -0.444 e. The lowest BCUT2D eigenvalue weighted by Crippen LogP contribution is -2.56. The Kier molecular flexibility index (Phi) is 9.20. The predicted octanol–water partition coefficient (Wildman–Crippen LogP) is 9.28. The fraction of sp³-hybridized carbons (Fsp3) is 0.487. The lowest BCUT2D eigenvalue weighted by molar-refractivity contribution is 0.0209. The van der Waals surface area contributed by atoms with Crippen molar-refractivity contribution in [3.63, 3.8) is 0 Å². The van der Waals surface area contributed by atoms with Gasteiger partial charge in [-0.3, -0.25) is 4.98 Å². The van der Waals surface area contributed by atoms with Gasteiger partial charge < -0.3 is 14.5 Å². The number of fused-ring (bicyclic) bond motifs is 4. The van der Waals surface area contributed by atoms with Crippen LogP contribution in [0.15, 0.2) is 42.9 Å². The zero-order valence-corrected chi connectivity index (χ0v) is 31.1. The molecule has 0 aliphatic carbocycles. The van der Waals surface area contributed by atoms with Crippen molar-refractivity contribution in [1.82, 2.24) is 19.9 Å². The van der Waals surface area contributed by atoms with Crippen molar-refractivity contribution in [2.75, 3.05) is 18.0 Å². The van der Waals surface area contributed by atoms with Crippen LogP contribution >= 0.6 is 0 Å². The number of amides is 1. The van der Waals surface area contributed by atoms with Crippen LogP contribution in [0.4, 0.5) is 19.4 Å². The van der Waals surface area contributed by atoms with Crippen LogP contribution < -0.4 is 4.90 Å². The Morgan fingerprint density at radius 3 is 2.22 bits per heavy atom. The monoisotopic (exact) mass is 683 g/mol. The molecule has 1 amide bonds. The first-order chi connectivity index (χ1) is 23.1. The molecule has 0 spiro atoms. The average molecular weight is 684 g/mol. The highest BCUT2D eigenvalue weighted by Gasteiger charge is 2.44. The number of benzene rings is 2. The van der Waals surface area contributed by atoms with Gasteiger partial charge in [-0.05, 0) is 73.8 Å². The Hall–Kier alpha value is -4.10. The number of hydrogen-bond acceptors (Lipinski definition) is 6. The number of aromatic nitrogens is 3. The van der Waals surface area contributed by atoms with Crippen LogP contribution in [0.3, 0.4) is 0 Å². The molecule has 4 heterocycles. The van der Waals surface area contributed by atoms with E-state index in [2.05, 4.69) is 72.9 Å². The summed E-state index contributed by atoms with van der Waals surface area (Å²) in [6.45, 7) is 20.1. The zero-order chi connectivity index (χ0) is 35.4. The zero-order valence-electron chi connectivity index (χ0n) is 30.1. The standard InChI is InChI=1S/C39H47F2N5O2Si/c1-23(2)49(24(3)4,25(5)6)16-15-26-11-10-12-27-17-28(40)18-31(33(26)27)35-34(41)36-32(19-42-35)37(44-22-43-36)46-29-13-14-30(46)21-45(20-29)38(47)48-39(7,8)9/h10-12,17-19,22-25,29-30H,13-14,20-21H2,1-9H3. The number of ether oxygens (including phenoxy) is 1. The number of halogens is 2. The summed E-state index contributed by atoms with van der Waals surface area (Å²) in [4.78, 5) is 30.5. The van der Waals surface area contributed by atoms with Crippen LogP contribution in [0.1, 0.15) is 80.7 Å². The number of nitrogens with zero attached hydrogens (tertiary/aromatic N) is 5. The van der Waals surface area contributed by atoms with Crippen molar-refractivity contribution in [3.8, 4) is 22.7 Å². The molecule has 7 nitrogen and oxygen atoms in total. The quantitative estimate of drug-likeness (QED) is 0.154. The molecule has 2 unspecified atom stereocenters. The van der Waals surface area contributed by atoms with Gasteiger partial charge in [-0.2, -0.15) is 0 Å². The van der Waals surface area contributed by atoms with E-state index in [0.717, 1.165) is 18.4 Å². The normalized spacial score (nSPS) is 18.2. The van der Waals surface area contributed by atoms with Gasteiger partial charge in [-0.1, -0.05) is 59.6 Å². The van der Waals surface area contributed by atoms with Gasteiger partial charge >= 0.3 is 6.09 Å². The molecular weight excluding hydrogens is 637 g/mol. The summed E-state index contributed by atoms with van der Waals surface area (Å²) in [5.74, 6) is 3.00. The lowest BCUT2D eigenvalue weighted by Gasteiger charge is -2.42. The molecule has 2 aromatic carbocycles. The van der Waals surface area contributed by atoms with Gasteiger partial charge in [0.1, 0.15) is 42.8 Å². The van der Waals surface area contributed by atoms with Crippen molar-refractivity contribution >= 4 is 41.7 Å². The van der Waals surface area contributed by atoms with Crippen molar-refractivity contribution in [1.29, 1.82) is 0 Å². The summed E-state index contributed by atoms with van der Waals surface area (Å²) in [7, 11) is -2.08. The highest BCUT2D eigenvalue weighted by Crippen LogP contribution is 2.42. The van der Waals surface area contributed by atoms with Crippen LogP contribution in [-0.2, 0) is 4.74 Å². The van der Waals surface area contributed by atoms with E-state index in [1.54, 1.807) is 11.1 Å². The summed E-state index contributed by atoms with van der Waals surface area (Å²) >= 11 is 0. The van der Waals surface area contributed by atoms with Crippen LogP contribution in [0.25, 0.3) is 32.9 Å². The average Bonchev–Trinajstić information content (AvgIpc) is 3.27. The van der Waals surface area contributed by atoms with Crippen LogP contribution in [0.2, 0.25) is 16.6 Å². The van der Waals surface area contributed by atoms with Crippen LogP contribution in [0.5, 0.6) is 0 Å². The molecular formula is C39H47F2N5O2Si. The van der Waals surface area contributed by atoms with E-state index in [-0.39, 0.29) is 29.4 Å². The molecule has 0 N–H and O–H groups in total. The molecule has 6 rings (SSSR count). The molecule has 49 heavy (non-hydrogen) atoms. The molecule has 0 radical (unpaired) electrons. The van der Waals surface area contributed by atoms with E-state index in [1.807, 2.05) is 39.0 Å². The second-order valence-electron chi connectivity index (χ2n) is 15.6. The minimum absolute atomic E-state index is 0.00131. The molecule has 2 atom stereocenters. The summed E-state index contributed by atoms with van der Waals surface area (Å²) in [5, 5.41) is 1.79. The topological polar surface area (TPSA) is 71.5 Å². The van der Waals surface area contributed by atoms with Gasteiger partial charge in [0, 0.05) is 47.9 Å².